The van der Waals surface area contributed by atoms with Gasteiger partial charge in [-0.15, -0.1) is 0 Å². The number of nitrogens with zero attached hydrogens (tertiary/aromatic N) is 1. The lowest BCUT2D eigenvalue weighted by atomic mass is 9.90. The van der Waals surface area contributed by atoms with Crippen LogP contribution in [0.3, 0.4) is 0 Å². The molecule has 1 aromatic carbocycles. The number of benzene rings is 1. The van der Waals surface area contributed by atoms with Crippen LogP contribution in [0.1, 0.15) is 38.7 Å². The van der Waals surface area contributed by atoms with E-state index in [1.165, 1.54) is 12.8 Å². The monoisotopic (exact) mass is 326 g/mol. The molecule has 3 rings (SSSR count). The summed E-state index contributed by atoms with van der Waals surface area (Å²) in [6.07, 6.45) is 3.79. The molecule has 2 nitrogen and oxygen atoms in total. The quantitative estimate of drug-likeness (QED) is 0.869. The molecule has 4 heteroatoms. The van der Waals surface area contributed by atoms with Crippen LogP contribution in [0.2, 0.25) is 10.0 Å². The van der Waals surface area contributed by atoms with Gasteiger partial charge in [0.25, 0.3) is 0 Å². The Labute approximate surface area is 137 Å². The second-order valence-electron chi connectivity index (χ2n) is 6.82. The molecular formula is C17H24Cl2N2. The highest BCUT2D eigenvalue weighted by molar-refractivity contribution is 6.35. The third kappa shape index (κ3) is 2.91. The van der Waals surface area contributed by atoms with Crippen LogP contribution in [0.15, 0.2) is 12.1 Å². The summed E-state index contributed by atoms with van der Waals surface area (Å²) < 4.78 is 0. The lowest BCUT2D eigenvalue weighted by Gasteiger charge is -2.48. The summed E-state index contributed by atoms with van der Waals surface area (Å²) in [4.78, 5) is 2.47. The van der Waals surface area contributed by atoms with Crippen molar-refractivity contribution < 1.29 is 0 Å². The molecule has 1 saturated carbocycles. The van der Waals surface area contributed by atoms with E-state index in [1.807, 2.05) is 19.1 Å². The van der Waals surface area contributed by atoms with E-state index in [-0.39, 0.29) is 5.54 Å². The predicted octanol–water partition coefficient (Wildman–Crippen LogP) is 4.66. The van der Waals surface area contributed by atoms with Gasteiger partial charge in [-0.3, -0.25) is 0 Å². The van der Waals surface area contributed by atoms with Crippen molar-refractivity contribution >= 4 is 28.9 Å². The number of hydrogen-bond acceptors (Lipinski definition) is 2. The first kappa shape index (κ1) is 15.5. The van der Waals surface area contributed by atoms with Crippen LogP contribution in [0.5, 0.6) is 0 Å². The van der Waals surface area contributed by atoms with Gasteiger partial charge in [0.05, 0.1) is 10.7 Å². The van der Waals surface area contributed by atoms with Crippen LogP contribution in [0.25, 0.3) is 0 Å². The molecule has 1 heterocycles. The summed E-state index contributed by atoms with van der Waals surface area (Å²) in [7, 11) is 0. The molecule has 0 spiro atoms. The van der Waals surface area contributed by atoms with E-state index in [0.29, 0.717) is 6.04 Å². The normalized spacial score (nSPS) is 29.8. The molecule has 2 unspecified atom stereocenters. The van der Waals surface area contributed by atoms with Crippen molar-refractivity contribution in [3.05, 3.63) is 27.7 Å². The highest BCUT2D eigenvalue weighted by Crippen LogP contribution is 2.43. The van der Waals surface area contributed by atoms with Gasteiger partial charge in [-0.05, 0) is 56.7 Å². The average Bonchev–Trinajstić information content (AvgIpc) is 3.28. The van der Waals surface area contributed by atoms with Gasteiger partial charge < -0.3 is 10.2 Å². The molecule has 2 aliphatic rings. The van der Waals surface area contributed by atoms with Gasteiger partial charge in [-0.2, -0.15) is 0 Å². The minimum Gasteiger partial charge on any atom is -0.364 e. The van der Waals surface area contributed by atoms with E-state index in [1.54, 1.807) is 0 Å². The Morgan fingerprint density at radius 2 is 2.00 bits per heavy atom. The van der Waals surface area contributed by atoms with Crippen molar-refractivity contribution in [3.8, 4) is 0 Å². The highest BCUT2D eigenvalue weighted by Gasteiger charge is 2.46. The maximum absolute atomic E-state index is 6.52. The van der Waals surface area contributed by atoms with Crippen LogP contribution in [0, 0.1) is 12.8 Å². The SMILES string of the molecule is CCC1CNC(C)(C2CC2)CN1c1cc(Cl)c(C)cc1Cl. The summed E-state index contributed by atoms with van der Waals surface area (Å²) in [5.74, 6) is 0.803. The van der Waals surface area contributed by atoms with Crippen molar-refractivity contribution in [2.24, 2.45) is 5.92 Å². The van der Waals surface area contributed by atoms with Gasteiger partial charge in [0, 0.05) is 29.7 Å². The third-order valence-electron chi connectivity index (χ3n) is 5.17. The Balaban J connectivity index is 1.94. The number of anilines is 1. The smallest absolute Gasteiger partial charge is 0.0643 e. The third-order valence-corrected chi connectivity index (χ3v) is 5.88. The Bertz CT molecular complexity index is 542. The molecule has 0 radical (unpaired) electrons. The molecule has 0 aromatic heterocycles. The number of rotatable bonds is 3. The largest absolute Gasteiger partial charge is 0.364 e. The number of aryl methyl sites for hydroxylation is 1. The van der Waals surface area contributed by atoms with Crippen LogP contribution in [0.4, 0.5) is 5.69 Å². The minimum atomic E-state index is 0.201. The van der Waals surface area contributed by atoms with E-state index in [0.717, 1.165) is 46.7 Å². The van der Waals surface area contributed by atoms with Gasteiger partial charge in [0.1, 0.15) is 0 Å². The Morgan fingerprint density at radius 3 is 2.62 bits per heavy atom. The molecule has 1 N–H and O–H groups in total. The summed E-state index contributed by atoms with van der Waals surface area (Å²) in [6.45, 7) is 8.62. The molecule has 116 valence electrons. The van der Waals surface area contributed by atoms with E-state index in [2.05, 4.69) is 24.1 Å². The van der Waals surface area contributed by atoms with Gasteiger partial charge in [0.15, 0.2) is 0 Å². The van der Waals surface area contributed by atoms with Gasteiger partial charge in [0.2, 0.25) is 0 Å². The number of hydrogen-bond donors (Lipinski definition) is 1. The summed E-state index contributed by atoms with van der Waals surface area (Å²) in [5.41, 5.74) is 2.33. The zero-order chi connectivity index (χ0) is 15.2. The maximum Gasteiger partial charge on any atom is 0.0643 e. The molecule has 2 atom stereocenters. The number of nitrogens with one attached hydrogen (secondary N) is 1. The Kier molecular flexibility index (Phi) is 4.15. The lowest BCUT2D eigenvalue weighted by molar-refractivity contribution is 0.252. The van der Waals surface area contributed by atoms with Crippen molar-refractivity contribution in [2.45, 2.75) is 51.6 Å². The molecule has 1 aliphatic carbocycles. The van der Waals surface area contributed by atoms with Crippen molar-refractivity contribution in [2.75, 3.05) is 18.0 Å². The standard InChI is InChI=1S/C17H24Cl2N2/c1-4-13-9-20-17(3,12-5-6-12)10-21(13)16-8-14(18)11(2)7-15(16)19/h7-8,12-13,20H,4-6,9-10H2,1-3H3. The van der Waals surface area contributed by atoms with E-state index in [9.17, 15) is 0 Å². The fraction of sp³-hybridized carbons (Fsp3) is 0.647. The van der Waals surface area contributed by atoms with Crippen molar-refractivity contribution in [3.63, 3.8) is 0 Å². The molecule has 1 aromatic rings. The highest BCUT2D eigenvalue weighted by atomic mass is 35.5. The van der Waals surface area contributed by atoms with Crippen LogP contribution >= 0.6 is 23.2 Å². The number of piperazine rings is 1. The zero-order valence-electron chi connectivity index (χ0n) is 13.0. The zero-order valence-corrected chi connectivity index (χ0v) is 14.6. The topological polar surface area (TPSA) is 15.3 Å². The fourth-order valence-corrected chi connectivity index (χ4v) is 3.98. The van der Waals surface area contributed by atoms with Crippen LogP contribution < -0.4 is 10.2 Å². The van der Waals surface area contributed by atoms with Crippen molar-refractivity contribution in [1.29, 1.82) is 0 Å². The van der Waals surface area contributed by atoms with Gasteiger partial charge in [-0.25, -0.2) is 0 Å². The summed E-state index contributed by atoms with van der Waals surface area (Å²) in [6, 6.07) is 4.51. The molecule has 0 bridgehead atoms. The Hall–Kier alpha value is -0.440. The van der Waals surface area contributed by atoms with Crippen LogP contribution in [-0.2, 0) is 0 Å². The number of halogens is 2. The first-order valence-corrected chi connectivity index (χ1v) is 8.67. The van der Waals surface area contributed by atoms with E-state index in [4.69, 9.17) is 23.2 Å². The first-order chi connectivity index (χ1) is 9.94. The second kappa shape index (κ2) is 5.64. The van der Waals surface area contributed by atoms with Gasteiger partial charge in [-0.1, -0.05) is 30.1 Å². The van der Waals surface area contributed by atoms with Crippen molar-refractivity contribution in [1.82, 2.24) is 5.32 Å². The molecule has 0 amide bonds. The summed E-state index contributed by atoms with van der Waals surface area (Å²) in [5, 5.41) is 5.40. The molecule has 2 fully saturated rings. The summed E-state index contributed by atoms with van der Waals surface area (Å²) >= 11 is 12.9. The lowest BCUT2D eigenvalue weighted by Crippen LogP contribution is -2.64. The first-order valence-electron chi connectivity index (χ1n) is 7.92. The van der Waals surface area contributed by atoms with Crippen LogP contribution in [-0.4, -0.2) is 24.7 Å². The fourth-order valence-electron chi connectivity index (χ4n) is 3.50. The maximum atomic E-state index is 6.52. The van der Waals surface area contributed by atoms with E-state index < -0.39 is 0 Å². The molecule has 21 heavy (non-hydrogen) atoms. The average molecular weight is 327 g/mol. The molecular weight excluding hydrogens is 303 g/mol. The molecule has 1 aliphatic heterocycles. The molecule has 1 saturated heterocycles. The predicted molar refractivity (Wildman–Crippen MR) is 91.8 cm³/mol. The van der Waals surface area contributed by atoms with Gasteiger partial charge >= 0.3 is 0 Å². The second-order valence-corrected chi connectivity index (χ2v) is 7.63. The minimum absolute atomic E-state index is 0.201. The Morgan fingerprint density at radius 1 is 1.29 bits per heavy atom. The van der Waals surface area contributed by atoms with E-state index >= 15 is 0 Å².